The van der Waals surface area contributed by atoms with Crippen LogP contribution in [0.3, 0.4) is 0 Å². The minimum Gasteiger partial charge on any atom is -0.491 e. The first-order valence-electron chi connectivity index (χ1n) is 9.58. The molecule has 1 saturated heterocycles. The average molecular weight is 371 g/mol. The van der Waals surface area contributed by atoms with E-state index in [0.29, 0.717) is 25.6 Å². The zero-order valence-electron chi connectivity index (χ0n) is 16.4. The van der Waals surface area contributed by atoms with Crippen LogP contribution < -0.4 is 4.74 Å². The predicted molar refractivity (Wildman–Crippen MR) is 104 cm³/mol. The summed E-state index contributed by atoms with van der Waals surface area (Å²) in [7, 11) is 0. The van der Waals surface area contributed by atoms with E-state index in [2.05, 4.69) is 17.1 Å². The number of aromatic nitrogens is 2. The predicted octanol–water partition coefficient (Wildman–Crippen LogP) is 4.08. The molecule has 0 atom stereocenters. The van der Waals surface area contributed by atoms with E-state index in [0.717, 1.165) is 25.1 Å². The van der Waals surface area contributed by atoms with E-state index in [1.165, 1.54) is 5.56 Å². The number of hydrogen-bond donors (Lipinski definition) is 0. The van der Waals surface area contributed by atoms with Gasteiger partial charge in [-0.15, -0.1) is 0 Å². The third-order valence-electron chi connectivity index (χ3n) is 4.67. The second-order valence-corrected chi connectivity index (χ2v) is 7.93. The largest absolute Gasteiger partial charge is 0.491 e. The molecule has 6 nitrogen and oxygen atoms in total. The molecular weight excluding hydrogens is 342 g/mol. The summed E-state index contributed by atoms with van der Waals surface area (Å²) in [6.07, 6.45) is 7.11. The molecule has 0 bridgehead atoms. The number of ether oxygens (including phenoxy) is 2. The second kappa shape index (κ2) is 8.46. The van der Waals surface area contributed by atoms with E-state index in [-0.39, 0.29) is 6.09 Å². The van der Waals surface area contributed by atoms with Crippen molar-refractivity contribution in [3.63, 3.8) is 0 Å². The molecule has 1 amide bonds. The molecular formula is C21H29N3O3. The summed E-state index contributed by atoms with van der Waals surface area (Å²) in [5.74, 6) is 1.33. The first kappa shape index (κ1) is 19.3. The number of rotatable bonds is 5. The van der Waals surface area contributed by atoms with E-state index < -0.39 is 5.60 Å². The number of likely N-dealkylation sites (tertiary alicyclic amines) is 1. The zero-order valence-corrected chi connectivity index (χ0v) is 16.4. The molecule has 0 unspecified atom stereocenters. The number of piperidine rings is 1. The maximum absolute atomic E-state index is 12.2. The maximum Gasteiger partial charge on any atom is 0.410 e. The summed E-state index contributed by atoms with van der Waals surface area (Å²) in [5, 5.41) is 0. The van der Waals surface area contributed by atoms with Crippen LogP contribution in [0.2, 0.25) is 0 Å². The van der Waals surface area contributed by atoms with Crippen LogP contribution in [-0.4, -0.2) is 45.8 Å². The van der Waals surface area contributed by atoms with Crippen LogP contribution in [-0.2, 0) is 11.3 Å². The Morgan fingerprint density at radius 1 is 1.22 bits per heavy atom. The number of para-hydroxylation sites is 1. The monoisotopic (exact) mass is 371 g/mol. The van der Waals surface area contributed by atoms with E-state index >= 15 is 0 Å². The number of imidazole rings is 1. The topological polar surface area (TPSA) is 56.6 Å². The van der Waals surface area contributed by atoms with Crippen molar-refractivity contribution in [2.24, 2.45) is 0 Å². The molecule has 0 N–H and O–H groups in total. The number of benzene rings is 1. The Morgan fingerprint density at radius 3 is 2.63 bits per heavy atom. The lowest BCUT2D eigenvalue weighted by Gasteiger charge is -2.34. The first-order valence-corrected chi connectivity index (χ1v) is 9.58. The van der Waals surface area contributed by atoms with Crippen molar-refractivity contribution in [2.45, 2.75) is 51.7 Å². The fraction of sp³-hybridized carbons (Fsp3) is 0.524. The molecule has 2 heterocycles. The maximum atomic E-state index is 12.2. The van der Waals surface area contributed by atoms with Gasteiger partial charge in [-0.3, -0.25) is 0 Å². The van der Waals surface area contributed by atoms with Gasteiger partial charge in [0.1, 0.15) is 18.0 Å². The highest BCUT2D eigenvalue weighted by Crippen LogP contribution is 2.34. The van der Waals surface area contributed by atoms with Gasteiger partial charge >= 0.3 is 6.09 Å². The normalized spacial score (nSPS) is 15.6. The van der Waals surface area contributed by atoms with Gasteiger partial charge in [0.25, 0.3) is 0 Å². The summed E-state index contributed by atoms with van der Waals surface area (Å²) < 4.78 is 13.5. The average Bonchev–Trinajstić information content (AvgIpc) is 3.14. The number of carbonyl (C=O) groups excluding carboxylic acids is 1. The fourth-order valence-electron chi connectivity index (χ4n) is 3.33. The second-order valence-electron chi connectivity index (χ2n) is 7.93. The van der Waals surface area contributed by atoms with Crippen molar-refractivity contribution in [1.29, 1.82) is 0 Å². The Hall–Kier alpha value is -2.50. The van der Waals surface area contributed by atoms with Gasteiger partial charge in [-0.2, -0.15) is 0 Å². The highest BCUT2D eigenvalue weighted by atomic mass is 16.6. The van der Waals surface area contributed by atoms with Crippen LogP contribution in [0, 0.1) is 0 Å². The van der Waals surface area contributed by atoms with Gasteiger partial charge in [0.15, 0.2) is 0 Å². The summed E-state index contributed by atoms with van der Waals surface area (Å²) in [6, 6.07) is 8.23. The van der Waals surface area contributed by atoms with E-state index in [4.69, 9.17) is 9.47 Å². The summed E-state index contributed by atoms with van der Waals surface area (Å²) in [4.78, 5) is 18.1. The Balaban J connectivity index is 1.55. The Bertz CT molecular complexity index is 729. The fourth-order valence-corrected chi connectivity index (χ4v) is 3.33. The molecule has 6 heteroatoms. The van der Waals surface area contributed by atoms with Crippen molar-refractivity contribution in [3.05, 3.63) is 48.5 Å². The van der Waals surface area contributed by atoms with Gasteiger partial charge in [0.05, 0.1) is 12.9 Å². The lowest BCUT2D eigenvalue weighted by molar-refractivity contribution is 0.0204. The van der Waals surface area contributed by atoms with E-state index in [1.807, 2.05) is 48.6 Å². The molecule has 0 spiro atoms. The Labute approximate surface area is 161 Å². The number of hydrogen-bond acceptors (Lipinski definition) is 4. The van der Waals surface area contributed by atoms with Crippen LogP contribution in [0.15, 0.2) is 43.0 Å². The molecule has 0 aliphatic carbocycles. The molecule has 1 aliphatic rings. The minimum atomic E-state index is -0.455. The molecule has 1 fully saturated rings. The van der Waals surface area contributed by atoms with Gasteiger partial charge in [-0.25, -0.2) is 9.78 Å². The third kappa shape index (κ3) is 5.49. The van der Waals surface area contributed by atoms with Gasteiger partial charge in [-0.05, 0) is 51.2 Å². The number of amides is 1. The molecule has 0 saturated carbocycles. The SMILES string of the molecule is CC(C)(C)OC(=O)N1CCC(c2ccccc2OCCn2ccnc2)CC1. The standard InChI is InChI=1S/C21H29N3O3/c1-21(2,3)27-20(25)24-11-8-17(9-12-24)18-6-4-5-7-19(18)26-15-14-23-13-10-22-16-23/h4-7,10,13,16-17H,8-9,11-12,14-15H2,1-3H3. The lowest BCUT2D eigenvalue weighted by atomic mass is 9.89. The molecule has 3 rings (SSSR count). The van der Waals surface area contributed by atoms with Gasteiger partial charge in [0, 0.05) is 25.5 Å². The molecule has 146 valence electrons. The highest BCUT2D eigenvalue weighted by Gasteiger charge is 2.28. The van der Waals surface area contributed by atoms with Crippen LogP contribution >= 0.6 is 0 Å². The van der Waals surface area contributed by atoms with Crippen molar-refractivity contribution in [3.8, 4) is 5.75 Å². The first-order chi connectivity index (χ1) is 12.9. The summed E-state index contributed by atoms with van der Waals surface area (Å²) >= 11 is 0. The van der Waals surface area contributed by atoms with Crippen molar-refractivity contribution in [2.75, 3.05) is 19.7 Å². The quantitative estimate of drug-likeness (QED) is 0.795. The Morgan fingerprint density at radius 2 is 1.96 bits per heavy atom. The third-order valence-corrected chi connectivity index (χ3v) is 4.67. The summed E-state index contributed by atoms with van der Waals surface area (Å²) in [5.41, 5.74) is 0.774. The smallest absolute Gasteiger partial charge is 0.410 e. The number of nitrogens with zero attached hydrogens (tertiary/aromatic N) is 3. The van der Waals surface area contributed by atoms with Gasteiger partial charge in [0.2, 0.25) is 0 Å². The molecule has 1 aromatic carbocycles. The molecule has 1 aliphatic heterocycles. The summed E-state index contributed by atoms with van der Waals surface area (Å²) in [6.45, 7) is 8.49. The number of carbonyl (C=O) groups is 1. The van der Waals surface area contributed by atoms with E-state index in [1.54, 1.807) is 12.5 Å². The molecule has 27 heavy (non-hydrogen) atoms. The van der Waals surface area contributed by atoms with Crippen molar-refractivity contribution in [1.82, 2.24) is 14.5 Å². The minimum absolute atomic E-state index is 0.217. The van der Waals surface area contributed by atoms with Crippen LogP contribution in [0.5, 0.6) is 5.75 Å². The van der Waals surface area contributed by atoms with Gasteiger partial charge < -0.3 is 18.9 Å². The zero-order chi connectivity index (χ0) is 19.3. The molecule has 2 aromatic rings. The Kier molecular flexibility index (Phi) is 6.04. The molecule has 0 radical (unpaired) electrons. The van der Waals surface area contributed by atoms with Crippen LogP contribution in [0.1, 0.15) is 45.1 Å². The van der Waals surface area contributed by atoms with Gasteiger partial charge in [-0.1, -0.05) is 18.2 Å². The van der Waals surface area contributed by atoms with Crippen LogP contribution in [0.4, 0.5) is 4.79 Å². The van der Waals surface area contributed by atoms with Crippen molar-refractivity contribution < 1.29 is 14.3 Å². The van der Waals surface area contributed by atoms with Crippen LogP contribution in [0.25, 0.3) is 0 Å². The highest BCUT2D eigenvalue weighted by molar-refractivity contribution is 5.68. The van der Waals surface area contributed by atoms with Crippen molar-refractivity contribution >= 4 is 6.09 Å². The molecule has 1 aromatic heterocycles. The van der Waals surface area contributed by atoms with E-state index in [9.17, 15) is 4.79 Å². The lowest BCUT2D eigenvalue weighted by Crippen LogP contribution is -2.41.